The van der Waals surface area contributed by atoms with E-state index in [-0.39, 0.29) is 13.2 Å². The zero-order valence-corrected chi connectivity index (χ0v) is 9.67. The predicted octanol–water partition coefficient (Wildman–Crippen LogP) is 1.99. The van der Waals surface area contributed by atoms with Crippen molar-refractivity contribution in [2.75, 3.05) is 26.4 Å². The minimum Gasteiger partial charge on any atom is -0.394 e. The fraction of sp³-hybridized carbons (Fsp3) is 0.818. The van der Waals surface area contributed by atoms with Crippen molar-refractivity contribution >= 4 is 0 Å². The summed E-state index contributed by atoms with van der Waals surface area (Å²) in [6.45, 7) is 11.9. The lowest BCUT2D eigenvalue weighted by molar-refractivity contribution is 0.132. The highest BCUT2D eigenvalue weighted by atomic mass is 16.5. The number of ether oxygens (including phenoxy) is 1. The highest BCUT2D eigenvalue weighted by molar-refractivity contribution is 4.30. The number of aliphatic hydroxyl groups excluding tert-OH is 2. The zero-order valence-electron chi connectivity index (χ0n) is 9.67. The normalized spacial score (nSPS) is 8.00. The highest BCUT2D eigenvalue weighted by Gasteiger charge is 1.81. The van der Waals surface area contributed by atoms with Crippen molar-refractivity contribution < 1.29 is 14.9 Å². The molecule has 0 aromatic heterocycles. The van der Waals surface area contributed by atoms with Gasteiger partial charge in [-0.2, -0.15) is 0 Å². The predicted molar refractivity (Wildman–Crippen MR) is 61.4 cm³/mol. The smallest absolute Gasteiger partial charge is 0.0662 e. The molecule has 88 valence electrons. The summed E-state index contributed by atoms with van der Waals surface area (Å²) in [5, 5.41) is 15.2. The topological polar surface area (TPSA) is 49.7 Å². The van der Waals surface area contributed by atoms with Crippen LogP contribution in [0.5, 0.6) is 0 Å². The maximum atomic E-state index is 7.62. The van der Waals surface area contributed by atoms with Gasteiger partial charge < -0.3 is 14.9 Å². The molecule has 0 bridgehead atoms. The lowest BCUT2D eigenvalue weighted by atomic mass is 10.4. The van der Waals surface area contributed by atoms with Crippen molar-refractivity contribution in [3.05, 3.63) is 13.2 Å². The van der Waals surface area contributed by atoms with Crippen LogP contribution in [-0.2, 0) is 4.74 Å². The molecular weight excluding hydrogens is 180 g/mol. The van der Waals surface area contributed by atoms with E-state index >= 15 is 0 Å². The van der Waals surface area contributed by atoms with E-state index in [2.05, 4.69) is 27.0 Å². The van der Waals surface area contributed by atoms with Gasteiger partial charge in [-0.15, -0.1) is 13.2 Å². The molecule has 0 unspecified atom stereocenters. The summed E-state index contributed by atoms with van der Waals surface area (Å²) in [6.07, 6.45) is 3.59. The third-order valence-electron chi connectivity index (χ3n) is 1.09. The monoisotopic (exact) mass is 206 g/mol. The second-order valence-electron chi connectivity index (χ2n) is 2.41. The summed E-state index contributed by atoms with van der Waals surface area (Å²) in [4.78, 5) is 0. The van der Waals surface area contributed by atoms with Crippen LogP contribution in [0, 0.1) is 0 Å². The second kappa shape index (κ2) is 29.3. The molecule has 0 fully saturated rings. The summed E-state index contributed by atoms with van der Waals surface area (Å²) < 4.78 is 5.22. The average molecular weight is 206 g/mol. The summed E-state index contributed by atoms with van der Waals surface area (Å²) in [6, 6.07) is 0. The fourth-order valence-electron chi connectivity index (χ4n) is 0.493. The first-order valence-electron chi connectivity index (χ1n) is 5.12. The van der Waals surface area contributed by atoms with Crippen molar-refractivity contribution in [3.63, 3.8) is 0 Å². The Hall–Kier alpha value is -0.380. The lowest BCUT2D eigenvalue weighted by Gasteiger charge is -1.97. The van der Waals surface area contributed by atoms with Crippen molar-refractivity contribution in [3.8, 4) is 0 Å². The summed E-state index contributed by atoms with van der Waals surface area (Å²) in [5.74, 6) is 0. The molecule has 0 saturated carbocycles. The molecule has 0 amide bonds. The molecule has 0 saturated heterocycles. The molecule has 0 rings (SSSR count). The van der Waals surface area contributed by atoms with Gasteiger partial charge in [-0.25, -0.2) is 0 Å². The fourth-order valence-corrected chi connectivity index (χ4v) is 0.493. The quantitative estimate of drug-likeness (QED) is 0.516. The number of aliphatic hydroxyl groups is 2. The van der Waals surface area contributed by atoms with Crippen LogP contribution in [0.2, 0.25) is 0 Å². The highest BCUT2D eigenvalue weighted by Crippen LogP contribution is 1.87. The van der Waals surface area contributed by atoms with Crippen LogP contribution in [0.3, 0.4) is 0 Å². The van der Waals surface area contributed by atoms with Gasteiger partial charge in [0.1, 0.15) is 0 Å². The van der Waals surface area contributed by atoms with Gasteiger partial charge in [0.2, 0.25) is 0 Å². The number of unbranched alkanes of at least 4 members (excludes halogenated alkanes) is 1. The Morgan fingerprint density at radius 1 is 0.929 bits per heavy atom. The molecule has 0 aliphatic heterocycles. The van der Waals surface area contributed by atoms with Crippen molar-refractivity contribution in [1.29, 1.82) is 0 Å². The SMILES string of the molecule is C=C.CCCCOCCC.OCCO. The first-order chi connectivity index (χ1) is 6.83. The van der Waals surface area contributed by atoms with Gasteiger partial charge >= 0.3 is 0 Å². The Morgan fingerprint density at radius 3 is 1.71 bits per heavy atom. The summed E-state index contributed by atoms with van der Waals surface area (Å²) in [5.41, 5.74) is 0. The molecule has 0 aliphatic rings. The molecule has 14 heavy (non-hydrogen) atoms. The Bertz CT molecular complexity index is 59.6. The van der Waals surface area contributed by atoms with Crippen LogP contribution >= 0.6 is 0 Å². The van der Waals surface area contributed by atoms with Gasteiger partial charge in [0.15, 0.2) is 0 Å². The third-order valence-corrected chi connectivity index (χ3v) is 1.09. The van der Waals surface area contributed by atoms with E-state index < -0.39 is 0 Å². The van der Waals surface area contributed by atoms with Crippen molar-refractivity contribution in [1.82, 2.24) is 0 Å². The minimum absolute atomic E-state index is 0.125. The maximum absolute atomic E-state index is 7.62. The van der Waals surface area contributed by atoms with Gasteiger partial charge in [-0.1, -0.05) is 20.3 Å². The summed E-state index contributed by atoms with van der Waals surface area (Å²) >= 11 is 0. The van der Waals surface area contributed by atoms with Gasteiger partial charge in [-0.3, -0.25) is 0 Å². The van der Waals surface area contributed by atoms with E-state index in [1.165, 1.54) is 12.8 Å². The maximum Gasteiger partial charge on any atom is 0.0662 e. The van der Waals surface area contributed by atoms with Crippen LogP contribution in [-0.4, -0.2) is 36.6 Å². The first-order valence-corrected chi connectivity index (χ1v) is 5.12. The Kier molecular flexibility index (Phi) is 40.3. The molecule has 0 heterocycles. The molecule has 0 radical (unpaired) electrons. The Balaban J connectivity index is -0.000000170. The lowest BCUT2D eigenvalue weighted by Crippen LogP contribution is -1.93. The van der Waals surface area contributed by atoms with Gasteiger partial charge in [0.25, 0.3) is 0 Å². The molecule has 0 spiro atoms. The minimum atomic E-state index is -0.125. The molecule has 0 atom stereocenters. The molecule has 2 N–H and O–H groups in total. The molecule has 3 nitrogen and oxygen atoms in total. The van der Waals surface area contributed by atoms with Crippen LogP contribution in [0.15, 0.2) is 13.2 Å². The zero-order chi connectivity index (χ0) is 11.7. The Morgan fingerprint density at radius 2 is 1.43 bits per heavy atom. The second-order valence-corrected chi connectivity index (χ2v) is 2.41. The largest absolute Gasteiger partial charge is 0.394 e. The molecule has 3 heteroatoms. The van der Waals surface area contributed by atoms with Crippen LogP contribution in [0.4, 0.5) is 0 Å². The van der Waals surface area contributed by atoms with Gasteiger partial charge in [-0.05, 0) is 12.8 Å². The Labute approximate surface area is 88.4 Å². The molecule has 0 aromatic rings. The molecular formula is C11H26O3. The number of rotatable bonds is 6. The average Bonchev–Trinajstić information content (AvgIpc) is 2.28. The van der Waals surface area contributed by atoms with Crippen LogP contribution < -0.4 is 0 Å². The van der Waals surface area contributed by atoms with E-state index in [1.807, 2.05) is 0 Å². The number of hydrogen-bond acceptors (Lipinski definition) is 3. The van der Waals surface area contributed by atoms with E-state index in [0.29, 0.717) is 0 Å². The van der Waals surface area contributed by atoms with Crippen LogP contribution in [0.1, 0.15) is 33.1 Å². The summed E-state index contributed by atoms with van der Waals surface area (Å²) in [7, 11) is 0. The molecule has 0 aliphatic carbocycles. The van der Waals surface area contributed by atoms with Crippen molar-refractivity contribution in [2.24, 2.45) is 0 Å². The van der Waals surface area contributed by atoms with Gasteiger partial charge in [0.05, 0.1) is 13.2 Å². The number of hydrogen-bond donors (Lipinski definition) is 2. The van der Waals surface area contributed by atoms with Crippen molar-refractivity contribution in [2.45, 2.75) is 33.1 Å². The van der Waals surface area contributed by atoms with E-state index in [9.17, 15) is 0 Å². The van der Waals surface area contributed by atoms with Gasteiger partial charge in [0, 0.05) is 13.2 Å². The first kappa shape index (κ1) is 19.2. The van der Waals surface area contributed by atoms with Crippen LogP contribution in [0.25, 0.3) is 0 Å². The van der Waals surface area contributed by atoms with E-state index in [0.717, 1.165) is 19.6 Å². The standard InChI is InChI=1S/C7H16O.C2H6O2.C2H4/c1-3-5-7-8-6-4-2;3-1-2-4;1-2/h3-7H2,1-2H3;3-4H,1-2H2;1-2H2. The van der Waals surface area contributed by atoms with E-state index in [1.54, 1.807) is 0 Å². The third kappa shape index (κ3) is 41.5. The molecule has 0 aromatic carbocycles. The van der Waals surface area contributed by atoms with E-state index in [4.69, 9.17) is 14.9 Å².